The molecule has 0 spiro atoms. The molecule has 0 amide bonds. The molecule has 0 atom stereocenters. The third-order valence-electron chi connectivity index (χ3n) is 6.21. The molecule has 0 aliphatic carbocycles. The van der Waals surface area contributed by atoms with Crippen LogP contribution < -0.4 is 9.62 Å². The van der Waals surface area contributed by atoms with Crippen molar-refractivity contribution in [1.29, 1.82) is 0 Å². The number of likely N-dealkylation sites (N-methyl/N-ethyl adjacent to an activating group) is 1. The van der Waals surface area contributed by atoms with E-state index in [0.29, 0.717) is 36.2 Å². The van der Waals surface area contributed by atoms with Crippen molar-refractivity contribution in [3.05, 3.63) is 95.8 Å². The van der Waals surface area contributed by atoms with Crippen LogP contribution in [0, 0.1) is 6.92 Å². The molecule has 1 aromatic heterocycles. The maximum absolute atomic E-state index is 11.4. The molecule has 38 heavy (non-hydrogen) atoms. The van der Waals surface area contributed by atoms with Crippen molar-refractivity contribution in [1.82, 2.24) is 19.6 Å². The summed E-state index contributed by atoms with van der Waals surface area (Å²) in [4.78, 5) is 13.5. The van der Waals surface area contributed by atoms with Crippen molar-refractivity contribution in [2.45, 2.75) is 13.8 Å². The van der Waals surface area contributed by atoms with Crippen LogP contribution in [0.4, 0.5) is 11.4 Å². The highest BCUT2D eigenvalue weighted by Gasteiger charge is 2.29. The Balaban J connectivity index is 1.49. The van der Waals surface area contributed by atoms with E-state index in [1.807, 2.05) is 86.6 Å². The Morgan fingerprint density at radius 1 is 0.974 bits per heavy atom. The molecule has 1 aliphatic rings. The fourth-order valence-electron chi connectivity index (χ4n) is 4.29. The molecule has 0 fully saturated rings. The number of anilines is 1. The number of benzene rings is 3. The van der Waals surface area contributed by atoms with Crippen LogP contribution in [0.3, 0.4) is 0 Å². The minimum absolute atomic E-state index is 0.339. The summed E-state index contributed by atoms with van der Waals surface area (Å²) in [6, 6.07) is 25.8. The van der Waals surface area contributed by atoms with Gasteiger partial charge in [-0.2, -0.15) is 0 Å². The zero-order valence-corrected chi connectivity index (χ0v) is 22.4. The predicted octanol–water partition coefficient (Wildman–Crippen LogP) is 4.02. The molecule has 9 nitrogen and oxygen atoms in total. The maximum atomic E-state index is 11.4. The van der Waals surface area contributed by atoms with Gasteiger partial charge in [-0.05, 0) is 37.6 Å². The van der Waals surface area contributed by atoms with E-state index in [0.717, 1.165) is 34.6 Å². The summed E-state index contributed by atoms with van der Waals surface area (Å²) in [7, 11) is -3.23. The molecular formula is C28H29N7O2S. The lowest BCUT2D eigenvalue weighted by atomic mass is 10.1. The molecule has 0 unspecified atom stereocenters. The summed E-state index contributed by atoms with van der Waals surface area (Å²) in [5.74, 6) is 1.19. The molecule has 2 heterocycles. The summed E-state index contributed by atoms with van der Waals surface area (Å²) < 4.78 is 25.4. The van der Waals surface area contributed by atoms with Crippen molar-refractivity contribution in [2.24, 2.45) is 10.1 Å². The van der Waals surface area contributed by atoms with Gasteiger partial charge in [0.15, 0.2) is 5.82 Å². The van der Waals surface area contributed by atoms with Gasteiger partial charge in [0.2, 0.25) is 15.8 Å². The molecule has 3 aromatic carbocycles. The van der Waals surface area contributed by atoms with Gasteiger partial charge in [-0.25, -0.2) is 23.1 Å². The SMILES string of the molecule is CCN(CCNS(C)(=O)=O)c1ccc(N=C2C(c3ccccc3)=Nn3nc(-c4ccccc4)nc32)c(C)c1. The van der Waals surface area contributed by atoms with E-state index >= 15 is 0 Å². The Morgan fingerprint density at radius 3 is 2.29 bits per heavy atom. The third kappa shape index (κ3) is 5.56. The van der Waals surface area contributed by atoms with Crippen LogP contribution in [-0.4, -0.2) is 60.6 Å². The van der Waals surface area contributed by atoms with Crippen LogP contribution in [0.15, 0.2) is 89.0 Å². The van der Waals surface area contributed by atoms with Crippen LogP contribution in [0.5, 0.6) is 0 Å². The average Bonchev–Trinajstić information content (AvgIpc) is 3.47. The lowest BCUT2D eigenvalue weighted by molar-refractivity contribution is 0.587. The van der Waals surface area contributed by atoms with Crippen molar-refractivity contribution in [3.8, 4) is 11.4 Å². The first-order valence-corrected chi connectivity index (χ1v) is 14.3. The summed E-state index contributed by atoms with van der Waals surface area (Å²) in [6.45, 7) is 5.70. The van der Waals surface area contributed by atoms with E-state index in [9.17, 15) is 8.42 Å². The van der Waals surface area contributed by atoms with E-state index in [-0.39, 0.29) is 0 Å². The lowest BCUT2D eigenvalue weighted by Gasteiger charge is -2.24. The van der Waals surface area contributed by atoms with E-state index in [2.05, 4.69) is 20.8 Å². The predicted molar refractivity (Wildman–Crippen MR) is 152 cm³/mol. The van der Waals surface area contributed by atoms with E-state index in [4.69, 9.17) is 15.1 Å². The van der Waals surface area contributed by atoms with Gasteiger partial charge in [0.05, 0.1) is 11.9 Å². The Hall–Kier alpha value is -4.15. The molecule has 1 N–H and O–H groups in total. The van der Waals surface area contributed by atoms with Gasteiger partial charge in [0, 0.05) is 36.4 Å². The van der Waals surface area contributed by atoms with Crippen molar-refractivity contribution >= 4 is 32.8 Å². The highest BCUT2D eigenvalue weighted by Crippen LogP contribution is 2.28. The molecule has 0 saturated carbocycles. The Labute approximate surface area is 222 Å². The number of aryl methyl sites for hydroxylation is 1. The quantitative estimate of drug-likeness (QED) is 0.354. The highest BCUT2D eigenvalue weighted by molar-refractivity contribution is 7.88. The van der Waals surface area contributed by atoms with E-state index < -0.39 is 10.0 Å². The first-order chi connectivity index (χ1) is 18.3. The molecule has 4 aromatic rings. The summed E-state index contributed by atoms with van der Waals surface area (Å²) >= 11 is 0. The van der Waals surface area contributed by atoms with Crippen LogP contribution >= 0.6 is 0 Å². The van der Waals surface area contributed by atoms with Gasteiger partial charge in [-0.15, -0.1) is 15.0 Å². The van der Waals surface area contributed by atoms with Gasteiger partial charge in [-0.1, -0.05) is 60.7 Å². The minimum atomic E-state index is -3.23. The van der Waals surface area contributed by atoms with Gasteiger partial charge in [-0.3, -0.25) is 0 Å². The van der Waals surface area contributed by atoms with Gasteiger partial charge < -0.3 is 4.90 Å². The first-order valence-electron chi connectivity index (χ1n) is 12.4. The summed E-state index contributed by atoms with van der Waals surface area (Å²) in [5, 5.41) is 9.38. The lowest BCUT2D eigenvalue weighted by Crippen LogP contribution is -2.34. The number of rotatable bonds is 9. The number of sulfonamides is 1. The van der Waals surface area contributed by atoms with Crippen LogP contribution in [0.25, 0.3) is 11.4 Å². The topological polar surface area (TPSA) is 105 Å². The molecule has 10 heteroatoms. The third-order valence-corrected chi connectivity index (χ3v) is 6.93. The fraction of sp³-hybridized carbons (Fsp3) is 0.214. The van der Waals surface area contributed by atoms with Crippen LogP contribution in [0.2, 0.25) is 0 Å². The van der Waals surface area contributed by atoms with E-state index in [1.54, 1.807) is 4.79 Å². The van der Waals surface area contributed by atoms with Crippen molar-refractivity contribution in [2.75, 3.05) is 30.8 Å². The maximum Gasteiger partial charge on any atom is 0.208 e. The Morgan fingerprint density at radius 2 is 1.66 bits per heavy atom. The fourth-order valence-corrected chi connectivity index (χ4v) is 4.75. The van der Waals surface area contributed by atoms with Crippen molar-refractivity contribution in [3.63, 3.8) is 0 Å². The zero-order valence-electron chi connectivity index (χ0n) is 21.5. The number of fused-ring (bicyclic) bond motifs is 1. The minimum Gasteiger partial charge on any atom is -0.370 e. The highest BCUT2D eigenvalue weighted by atomic mass is 32.2. The number of aromatic nitrogens is 3. The van der Waals surface area contributed by atoms with Gasteiger partial charge in [0.1, 0.15) is 11.4 Å². The second-order valence-electron chi connectivity index (χ2n) is 9.01. The average molecular weight is 528 g/mol. The van der Waals surface area contributed by atoms with Crippen LogP contribution in [-0.2, 0) is 10.0 Å². The Kier molecular flexibility index (Phi) is 7.17. The molecule has 194 valence electrons. The monoisotopic (exact) mass is 527 g/mol. The van der Waals surface area contributed by atoms with Crippen LogP contribution in [0.1, 0.15) is 23.9 Å². The molecule has 5 rings (SSSR count). The summed E-state index contributed by atoms with van der Waals surface area (Å²) in [6.07, 6.45) is 1.17. The number of hydrogen-bond acceptors (Lipinski definition) is 7. The first kappa shape index (κ1) is 25.5. The normalized spacial score (nSPS) is 14.0. The Bertz CT molecular complexity index is 1610. The second kappa shape index (κ2) is 10.7. The number of nitrogens with zero attached hydrogens (tertiary/aromatic N) is 6. The van der Waals surface area contributed by atoms with E-state index in [1.165, 1.54) is 6.26 Å². The smallest absolute Gasteiger partial charge is 0.208 e. The largest absolute Gasteiger partial charge is 0.370 e. The molecular weight excluding hydrogens is 498 g/mol. The molecule has 0 saturated heterocycles. The molecule has 0 radical (unpaired) electrons. The number of nitrogens with one attached hydrogen (secondary N) is 1. The number of hydrogen-bond donors (Lipinski definition) is 1. The number of aliphatic imine (C=N–C) groups is 1. The summed E-state index contributed by atoms with van der Waals surface area (Å²) in [5.41, 5.74) is 6.01. The van der Waals surface area contributed by atoms with Gasteiger partial charge in [0.25, 0.3) is 0 Å². The standard InChI is InChI=1S/C28H29N7O2S/c1-4-34(18-17-29-38(3,36)37)23-15-16-24(20(2)19-23)30-26-25(21-11-7-5-8-12-21)32-35-28(26)31-27(33-35)22-13-9-6-10-14-22/h5-16,19,29H,4,17-18H2,1-3H3. The second-order valence-corrected chi connectivity index (χ2v) is 10.8. The zero-order chi connectivity index (χ0) is 26.7. The molecule has 0 bridgehead atoms. The molecule has 1 aliphatic heterocycles. The van der Waals surface area contributed by atoms with Gasteiger partial charge >= 0.3 is 0 Å². The van der Waals surface area contributed by atoms with Crippen molar-refractivity contribution < 1.29 is 8.42 Å².